The summed E-state index contributed by atoms with van der Waals surface area (Å²) in [6, 6.07) is 0. The lowest BCUT2D eigenvalue weighted by Crippen LogP contribution is -2.39. The molecule has 0 fully saturated rings. The third-order valence-electron chi connectivity index (χ3n) is 5.02. The maximum Gasteiger partial charge on any atom is 0.306 e. The third kappa shape index (κ3) is 1.90. The van der Waals surface area contributed by atoms with Crippen LogP contribution in [0, 0.1) is 17.3 Å². The predicted molar refractivity (Wildman–Crippen MR) is 69.0 cm³/mol. The molecular formula is C15H22O3. The molecule has 100 valence electrons. The van der Waals surface area contributed by atoms with Crippen LogP contribution in [0.2, 0.25) is 0 Å². The Morgan fingerprint density at radius 2 is 2.06 bits per heavy atom. The quantitative estimate of drug-likeness (QED) is 0.708. The van der Waals surface area contributed by atoms with Gasteiger partial charge in [0.25, 0.3) is 0 Å². The summed E-state index contributed by atoms with van der Waals surface area (Å²) in [5.41, 5.74) is 1.89. The van der Waals surface area contributed by atoms with Crippen molar-refractivity contribution in [3.8, 4) is 0 Å². The minimum absolute atomic E-state index is 0.218. The number of hydrogen-bond donors (Lipinski definition) is 0. The number of Topliss-reactive ketones (excluding diaryl/α,β-unsaturated/α-hetero) is 1. The molecule has 0 spiro atoms. The SMILES string of the molecule is COC(=O)C[C@@]1(C)C2=C(CCC2=O)C[C@H](C)[C@H]1C. The van der Waals surface area contributed by atoms with Gasteiger partial charge in [-0.25, -0.2) is 0 Å². The standard InChI is InChI=1S/C15H22O3/c1-9-7-11-5-6-12(16)14(11)15(3,10(9)2)8-13(17)18-4/h9-10H,5-8H2,1-4H3/t9-,10+,15+/m0/s1. The van der Waals surface area contributed by atoms with Crippen LogP contribution < -0.4 is 0 Å². The van der Waals surface area contributed by atoms with Crippen molar-refractivity contribution in [3.05, 3.63) is 11.1 Å². The Morgan fingerprint density at radius 3 is 2.67 bits per heavy atom. The Morgan fingerprint density at radius 1 is 1.39 bits per heavy atom. The van der Waals surface area contributed by atoms with Gasteiger partial charge in [0.1, 0.15) is 0 Å². The van der Waals surface area contributed by atoms with Gasteiger partial charge in [-0.3, -0.25) is 9.59 Å². The van der Waals surface area contributed by atoms with Crippen LogP contribution in [0.25, 0.3) is 0 Å². The van der Waals surface area contributed by atoms with E-state index in [-0.39, 0.29) is 17.2 Å². The number of rotatable bonds is 2. The maximum atomic E-state index is 12.1. The lowest BCUT2D eigenvalue weighted by atomic mass is 9.60. The third-order valence-corrected chi connectivity index (χ3v) is 5.02. The Kier molecular flexibility index (Phi) is 3.35. The zero-order chi connectivity index (χ0) is 13.5. The average molecular weight is 250 g/mol. The molecular weight excluding hydrogens is 228 g/mol. The van der Waals surface area contributed by atoms with Crippen LogP contribution in [0.1, 0.15) is 46.5 Å². The van der Waals surface area contributed by atoms with Crippen LogP contribution >= 0.6 is 0 Å². The van der Waals surface area contributed by atoms with Crippen molar-refractivity contribution in [2.45, 2.75) is 46.5 Å². The van der Waals surface area contributed by atoms with Crippen LogP contribution in [-0.2, 0) is 14.3 Å². The molecule has 2 aliphatic carbocycles. The first-order chi connectivity index (χ1) is 8.40. The molecule has 2 aliphatic rings. The van der Waals surface area contributed by atoms with E-state index in [0.717, 1.165) is 18.4 Å². The van der Waals surface area contributed by atoms with E-state index in [0.29, 0.717) is 24.7 Å². The van der Waals surface area contributed by atoms with Gasteiger partial charge in [0.05, 0.1) is 13.5 Å². The van der Waals surface area contributed by atoms with Gasteiger partial charge in [-0.2, -0.15) is 0 Å². The smallest absolute Gasteiger partial charge is 0.306 e. The fraction of sp³-hybridized carbons (Fsp3) is 0.733. The van der Waals surface area contributed by atoms with E-state index >= 15 is 0 Å². The zero-order valence-electron chi connectivity index (χ0n) is 11.7. The molecule has 3 heteroatoms. The molecule has 0 saturated heterocycles. The largest absolute Gasteiger partial charge is 0.469 e. The monoisotopic (exact) mass is 250 g/mol. The van der Waals surface area contributed by atoms with Crippen molar-refractivity contribution in [1.82, 2.24) is 0 Å². The second-order valence-electron chi connectivity index (χ2n) is 6.04. The Balaban J connectivity index is 2.42. The zero-order valence-corrected chi connectivity index (χ0v) is 11.7. The van der Waals surface area contributed by atoms with Gasteiger partial charge in [-0.05, 0) is 24.7 Å². The normalized spacial score (nSPS) is 35.7. The number of esters is 1. The van der Waals surface area contributed by atoms with Crippen molar-refractivity contribution in [2.24, 2.45) is 17.3 Å². The van der Waals surface area contributed by atoms with E-state index in [1.165, 1.54) is 12.7 Å². The Hall–Kier alpha value is -1.12. The van der Waals surface area contributed by atoms with Gasteiger partial charge < -0.3 is 4.74 Å². The molecule has 3 nitrogen and oxygen atoms in total. The number of methoxy groups -OCH3 is 1. The summed E-state index contributed by atoms with van der Waals surface area (Å²) >= 11 is 0. The second kappa shape index (κ2) is 4.52. The van der Waals surface area contributed by atoms with Crippen LogP contribution in [0.15, 0.2) is 11.1 Å². The molecule has 0 radical (unpaired) electrons. The molecule has 2 rings (SSSR count). The van der Waals surface area contributed by atoms with Crippen molar-refractivity contribution in [2.75, 3.05) is 7.11 Å². The van der Waals surface area contributed by atoms with E-state index in [1.54, 1.807) is 0 Å². The molecule has 0 aliphatic heterocycles. The molecule has 0 N–H and O–H groups in total. The van der Waals surface area contributed by atoms with Crippen molar-refractivity contribution in [1.29, 1.82) is 0 Å². The molecule has 0 amide bonds. The number of ketones is 1. The number of carbonyl (C=O) groups excluding carboxylic acids is 2. The summed E-state index contributed by atoms with van der Waals surface area (Å²) in [5.74, 6) is 0.877. The Bertz CT molecular complexity index is 421. The highest BCUT2D eigenvalue weighted by Gasteiger charge is 2.48. The number of carbonyl (C=O) groups is 2. The number of hydrogen-bond acceptors (Lipinski definition) is 3. The van der Waals surface area contributed by atoms with Crippen molar-refractivity contribution < 1.29 is 14.3 Å². The van der Waals surface area contributed by atoms with E-state index in [9.17, 15) is 9.59 Å². The van der Waals surface area contributed by atoms with Gasteiger partial charge in [0, 0.05) is 17.4 Å². The van der Waals surface area contributed by atoms with Crippen LogP contribution in [0.5, 0.6) is 0 Å². The van der Waals surface area contributed by atoms with Crippen molar-refractivity contribution in [3.63, 3.8) is 0 Å². The summed E-state index contributed by atoms with van der Waals surface area (Å²) in [5, 5.41) is 0. The lowest BCUT2D eigenvalue weighted by Gasteiger charge is -2.43. The van der Waals surface area contributed by atoms with E-state index in [2.05, 4.69) is 20.8 Å². The van der Waals surface area contributed by atoms with Crippen LogP contribution in [-0.4, -0.2) is 18.9 Å². The van der Waals surface area contributed by atoms with Gasteiger partial charge in [-0.1, -0.05) is 26.3 Å². The first-order valence-corrected chi connectivity index (χ1v) is 6.72. The van der Waals surface area contributed by atoms with Gasteiger partial charge in [0.15, 0.2) is 5.78 Å². The molecule has 18 heavy (non-hydrogen) atoms. The Labute approximate surface area is 109 Å². The maximum absolute atomic E-state index is 12.1. The van der Waals surface area contributed by atoms with Crippen LogP contribution in [0.4, 0.5) is 0 Å². The van der Waals surface area contributed by atoms with E-state index in [4.69, 9.17) is 4.74 Å². The van der Waals surface area contributed by atoms with Gasteiger partial charge in [0.2, 0.25) is 0 Å². The summed E-state index contributed by atoms with van der Waals surface area (Å²) in [6.45, 7) is 6.43. The summed E-state index contributed by atoms with van der Waals surface area (Å²) in [4.78, 5) is 23.8. The van der Waals surface area contributed by atoms with Gasteiger partial charge in [-0.15, -0.1) is 0 Å². The minimum Gasteiger partial charge on any atom is -0.469 e. The average Bonchev–Trinajstić information content (AvgIpc) is 2.68. The molecule has 0 bridgehead atoms. The number of ether oxygens (including phenoxy) is 1. The molecule has 0 aromatic carbocycles. The first kappa shape index (κ1) is 13.3. The van der Waals surface area contributed by atoms with E-state index in [1.807, 2.05) is 0 Å². The highest BCUT2D eigenvalue weighted by atomic mass is 16.5. The molecule has 0 unspecified atom stereocenters. The molecule has 0 heterocycles. The van der Waals surface area contributed by atoms with Crippen LogP contribution in [0.3, 0.4) is 0 Å². The molecule has 3 atom stereocenters. The highest BCUT2D eigenvalue weighted by molar-refractivity contribution is 6.00. The fourth-order valence-corrected chi connectivity index (χ4v) is 3.68. The predicted octanol–water partition coefficient (Wildman–Crippen LogP) is 2.89. The highest BCUT2D eigenvalue weighted by Crippen LogP contribution is 2.53. The van der Waals surface area contributed by atoms with E-state index < -0.39 is 0 Å². The topological polar surface area (TPSA) is 43.4 Å². The molecule has 0 saturated carbocycles. The lowest BCUT2D eigenvalue weighted by molar-refractivity contribution is -0.143. The minimum atomic E-state index is -0.340. The summed E-state index contributed by atoms with van der Waals surface area (Å²) in [6.07, 6.45) is 2.85. The molecule has 0 aromatic rings. The van der Waals surface area contributed by atoms with Crippen molar-refractivity contribution >= 4 is 11.8 Å². The number of allylic oxidation sites excluding steroid dienone is 2. The molecule has 0 aromatic heterocycles. The second-order valence-corrected chi connectivity index (χ2v) is 6.04. The van der Waals surface area contributed by atoms with Gasteiger partial charge >= 0.3 is 5.97 Å². The summed E-state index contributed by atoms with van der Waals surface area (Å²) in [7, 11) is 1.41. The first-order valence-electron chi connectivity index (χ1n) is 6.72. The summed E-state index contributed by atoms with van der Waals surface area (Å²) < 4.78 is 4.81. The fourth-order valence-electron chi connectivity index (χ4n) is 3.68.